The average Bonchev–Trinajstić information content (AvgIpc) is 2.26. The molecule has 1 fully saturated rings. The van der Waals surface area contributed by atoms with Crippen molar-refractivity contribution >= 4 is 0 Å². The van der Waals surface area contributed by atoms with Crippen molar-refractivity contribution in [2.75, 3.05) is 27.2 Å². The van der Waals surface area contributed by atoms with Crippen LogP contribution in [0.1, 0.15) is 39.5 Å². The lowest BCUT2D eigenvalue weighted by Crippen LogP contribution is -2.45. The predicted molar refractivity (Wildman–Crippen MR) is 73.1 cm³/mol. The molecule has 0 saturated heterocycles. The van der Waals surface area contributed by atoms with Gasteiger partial charge >= 0.3 is 0 Å². The quantitative estimate of drug-likeness (QED) is 0.744. The summed E-state index contributed by atoms with van der Waals surface area (Å²) in [5, 5.41) is 13.4. The van der Waals surface area contributed by atoms with Crippen molar-refractivity contribution < 1.29 is 5.11 Å². The van der Waals surface area contributed by atoms with Gasteiger partial charge in [0, 0.05) is 19.1 Å². The third kappa shape index (κ3) is 5.36. The molecule has 0 aromatic heterocycles. The van der Waals surface area contributed by atoms with Gasteiger partial charge in [0.2, 0.25) is 0 Å². The summed E-state index contributed by atoms with van der Waals surface area (Å²) < 4.78 is 0. The van der Waals surface area contributed by atoms with Gasteiger partial charge in [-0.15, -0.1) is 0 Å². The lowest BCUT2D eigenvalue weighted by Gasteiger charge is -2.35. The van der Waals surface area contributed by atoms with E-state index in [4.69, 9.17) is 0 Å². The highest BCUT2D eigenvalue weighted by atomic mass is 16.3. The van der Waals surface area contributed by atoms with Gasteiger partial charge in [-0.05, 0) is 45.2 Å². The molecule has 0 aromatic carbocycles. The summed E-state index contributed by atoms with van der Waals surface area (Å²) in [5.74, 6) is 1.68. The summed E-state index contributed by atoms with van der Waals surface area (Å²) in [6.07, 6.45) is 4.96. The van der Waals surface area contributed by atoms with Crippen LogP contribution in [0.4, 0.5) is 0 Å². The third-order valence-electron chi connectivity index (χ3n) is 3.96. The zero-order chi connectivity index (χ0) is 12.8. The van der Waals surface area contributed by atoms with Crippen molar-refractivity contribution in [2.24, 2.45) is 11.8 Å². The molecule has 102 valence electrons. The monoisotopic (exact) mass is 242 g/mol. The van der Waals surface area contributed by atoms with Crippen LogP contribution in [0.15, 0.2) is 0 Å². The number of aliphatic hydroxyl groups excluding tert-OH is 1. The van der Waals surface area contributed by atoms with Crippen LogP contribution in [-0.2, 0) is 0 Å². The minimum Gasteiger partial charge on any atom is -0.390 e. The first kappa shape index (κ1) is 14.9. The highest BCUT2D eigenvalue weighted by Crippen LogP contribution is 2.30. The minimum atomic E-state index is -0.248. The Morgan fingerprint density at radius 1 is 1.35 bits per heavy atom. The van der Waals surface area contributed by atoms with Gasteiger partial charge in [0.15, 0.2) is 0 Å². The van der Waals surface area contributed by atoms with Crippen LogP contribution < -0.4 is 5.32 Å². The molecule has 0 amide bonds. The Bertz CT molecular complexity index is 208. The number of rotatable bonds is 6. The van der Waals surface area contributed by atoms with E-state index in [-0.39, 0.29) is 6.10 Å². The largest absolute Gasteiger partial charge is 0.390 e. The lowest BCUT2D eigenvalue weighted by atomic mass is 9.77. The smallest absolute Gasteiger partial charge is 0.0791 e. The number of likely N-dealkylation sites (N-methyl/N-ethyl adjacent to an activating group) is 1. The molecule has 3 nitrogen and oxygen atoms in total. The number of hydrogen-bond donors (Lipinski definition) is 2. The second kappa shape index (κ2) is 7.34. The Labute approximate surface area is 107 Å². The van der Waals surface area contributed by atoms with Crippen LogP contribution in [0.5, 0.6) is 0 Å². The zero-order valence-electron chi connectivity index (χ0n) is 11.9. The van der Waals surface area contributed by atoms with Gasteiger partial charge in [-0.1, -0.05) is 20.3 Å². The molecule has 1 aliphatic carbocycles. The first-order valence-corrected chi connectivity index (χ1v) is 7.09. The second-order valence-corrected chi connectivity index (χ2v) is 6.02. The summed E-state index contributed by atoms with van der Waals surface area (Å²) in [4.78, 5) is 2.03. The normalized spacial score (nSPS) is 31.8. The second-order valence-electron chi connectivity index (χ2n) is 6.02. The van der Waals surface area contributed by atoms with Crippen LogP contribution in [0.2, 0.25) is 0 Å². The van der Waals surface area contributed by atoms with Crippen LogP contribution in [0.3, 0.4) is 0 Å². The van der Waals surface area contributed by atoms with E-state index in [2.05, 4.69) is 19.2 Å². The number of aliphatic hydroxyl groups is 1. The molecule has 1 aliphatic rings. The van der Waals surface area contributed by atoms with Crippen molar-refractivity contribution in [3.8, 4) is 0 Å². The van der Waals surface area contributed by atoms with E-state index in [0.717, 1.165) is 24.9 Å². The van der Waals surface area contributed by atoms with Crippen molar-refractivity contribution in [1.82, 2.24) is 10.2 Å². The first-order valence-electron chi connectivity index (χ1n) is 7.09. The van der Waals surface area contributed by atoms with E-state index in [1.165, 1.54) is 25.7 Å². The molecule has 2 N–H and O–H groups in total. The fraction of sp³-hybridized carbons (Fsp3) is 1.00. The Morgan fingerprint density at radius 2 is 2.06 bits per heavy atom. The molecular formula is C14H30N2O. The number of nitrogens with zero attached hydrogens (tertiary/aromatic N) is 1. The van der Waals surface area contributed by atoms with E-state index < -0.39 is 0 Å². The van der Waals surface area contributed by atoms with Gasteiger partial charge in [-0.3, -0.25) is 0 Å². The van der Waals surface area contributed by atoms with Crippen molar-refractivity contribution in [2.45, 2.75) is 51.7 Å². The minimum absolute atomic E-state index is 0.248. The van der Waals surface area contributed by atoms with Crippen molar-refractivity contribution in [3.63, 3.8) is 0 Å². The van der Waals surface area contributed by atoms with Crippen LogP contribution in [0, 0.1) is 11.8 Å². The summed E-state index contributed by atoms with van der Waals surface area (Å²) in [6.45, 7) is 6.12. The van der Waals surface area contributed by atoms with Gasteiger partial charge in [-0.2, -0.15) is 0 Å². The van der Waals surface area contributed by atoms with Gasteiger partial charge in [0.05, 0.1) is 6.10 Å². The topological polar surface area (TPSA) is 35.5 Å². The molecule has 0 spiro atoms. The first-order chi connectivity index (χ1) is 8.02. The van der Waals surface area contributed by atoms with Crippen molar-refractivity contribution in [1.29, 1.82) is 0 Å². The van der Waals surface area contributed by atoms with E-state index in [9.17, 15) is 5.11 Å². The maximum atomic E-state index is 9.86. The van der Waals surface area contributed by atoms with Crippen LogP contribution in [0.25, 0.3) is 0 Å². The highest BCUT2D eigenvalue weighted by molar-refractivity contribution is 4.83. The zero-order valence-corrected chi connectivity index (χ0v) is 11.9. The predicted octanol–water partition coefficient (Wildman–Crippen LogP) is 1.71. The molecule has 0 radical (unpaired) electrons. The van der Waals surface area contributed by atoms with Crippen LogP contribution >= 0.6 is 0 Å². The highest BCUT2D eigenvalue weighted by Gasteiger charge is 2.27. The van der Waals surface area contributed by atoms with Gasteiger partial charge in [0.25, 0.3) is 0 Å². The molecular weight excluding hydrogens is 212 g/mol. The number of nitrogens with one attached hydrogen (secondary N) is 1. The van der Waals surface area contributed by atoms with E-state index >= 15 is 0 Å². The fourth-order valence-electron chi connectivity index (χ4n) is 2.99. The average molecular weight is 242 g/mol. The maximum Gasteiger partial charge on any atom is 0.0791 e. The molecule has 17 heavy (non-hydrogen) atoms. The van der Waals surface area contributed by atoms with E-state index in [0.29, 0.717) is 6.04 Å². The summed E-state index contributed by atoms with van der Waals surface area (Å²) in [5.41, 5.74) is 0. The molecule has 4 atom stereocenters. The Balaban J connectivity index is 2.29. The van der Waals surface area contributed by atoms with Crippen molar-refractivity contribution in [3.05, 3.63) is 0 Å². The molecule has 4 unspecified atom stereocenters. The molecule has 0 aromatic rings. The third-order valence-corrected chi connectivity index (χ3v) is 3.96. The summed E-state index contributed by atoms with van der Waals surface area (Å²) in [7, 11) is 4.00. The lowest BCUT2D eigenvalue weighted by molar-refractivity contribution is 0.118. The molecule has 1 saturated carbocycles. The maximum absolute atomic E-state index is 9.86. The van der Waals surface area contributed by atoms with E-state index in [1.54, 1.807) is 0 Å². The summed E-state index contributed by atoms with van der Waals surface area (Å²) >= 11 is 0. The number of hydrogen-bond acceptors (Lipinski definition) is 3. The van der Waals surface area contributed by atoms with E-state index in [1.807, 2.05) is 19.0 Å². The molecule has 0 heterocycles. The Morgan fingerprint density at radius 3 is 2.65 bits per heavy atom. The van der Waals surface area contributed by atoms with Gasteiger partial charge in [0.1, 0.15) is 0 Å². The van der Waals surface area contributed by atoms with Gasteiger partial charge < -0.3 is 15.3 Å². The molecule has 0 bridgehead atoms. The SMILES string of the molecule is CCC1CC(C)CCC1NCC(O)CN(C)C. The summed E-state index contributed by atoms with van der Waals surface area (Å²) in [6, 6.07) is 0.619. The molecule has 0 aliphatic heterocycles. The standard InChI is InChI=1S/C14H30N2O/c1-5-12-8-11(2)6-7-14(12)15-9-13(17)10-16(3)4/h11-15,17H,5-10H2,1-4H3. The fourth-order valence-corrected chi connectivity index (χ4v) is 2.99. The van der Waals surface area contributed by atoms with Gasteiger partial charge in [-0.25, -0.2) is 0 Å². The van der Waals surface area contributed by atoms with Crippen LogP contribution in [-0.4, -0.2) is 49.3 Å². The molecule has 3 heteroatoms. The Kier molecular flexibility index (Phi) is 6.45. The Hall–Kier alpha value is -0.120. The molecule has 1 rings (SSSR count).